The second kappa shape index (κ2) is 13.4. The largest absolute Gasteiger partial charge is 0.505 e. The molecule has 12 nitrogen and oxygen atoms in total. The molecule has 0 fully saturated rings. The van der Waals surface area contributed by atoms with Crippen LogP contribution in [0.3, 0.4) is 0 Å². The van der Waals surface area contributed by atoms with E-state index in [1.807, 2.05) is 38.1 Å². The third-order valence-corrected chi connectivity index (χ3v) is 10.0. The van der Waals surface area contributed by atoms with Crippen molar-refractivity contribution in [2.24, 2.45) is 20.5 Å². The van der Waals surface area contributed by atoms with Gasteiger partial charge in [0.05, 0.1) is 11.4 Å². The minimum absolute atomic E-state index is 0.119. The van der Waals surface area contributed by atoms with Crippen molar-refractivity contribution in [3.8, 4) is 22.6 Å². The number of hydrogen-bond acceptors (Lipinski definition) is 10. The smallest absolute Gasteiger partial charge is 0.295 e. The van der Waals surface area contributed by atoms with Crippen molar-refractivity contribution in [3.05, 3.63) is 108 Å². The van der Waals surface area contributed by atoms with Crippen LogP contribution in [0.15, 0.2) is 127 Å². The molecule has 14 heteroatoms. The summed E-state index contributed by atoms with van der Waals surface area (Å²) in [5, 5.41) is 39.3. The molecule has 0 saturated heterocycles. The van der Waals surface area contributed by atoms with Gasteiger partial charge >= 0.3 is 0 Å². The van der Waals surface area contributed by atoms with Crippen molar-refractivity contribution in [1.29, 1.82) is 0 Å². The summed E-state index contributed by atoms with van der Waals surface area (Å²) in [6, 6.07) is 25.7. The summed E-state index contributed by atoms with van der Waals surface area (Å²) >= 11 is 0. The van der Waals surface area contributed by atoms with E-state index in [2.05, 4.69) is 20.5 Å². The van der Waals surface area contributed by atoms with E-state index in [9.17, 15) is 36.2 Å². The van der Waals surface area contributed by atoms with Crippen molar-refractivity contribution in [2.45, 2.75) is 36.5 Å². The van der Waals surface area contributed by atoms with Gasteiger partial charge in [0.2, 0.25) is 0 Å². The van der Waals surface area contributed by atoms with Gasteiger partial charge in [0.25, 0.3) is 20.2 Å². The lowest BCUT2D eigenvalue weighted by Gasteiger charge is -2.11. The Morgan fingerprint density at radius 1 is 0.480 bits per heavy atom. The molecule has 0 bridgehead atoms. The molecule has 0 aromatic heterocycles. The molecule has 0 saturated carbocycles. The van der Waals surface area contributed by atoms with Gasteiger partial charge in [0.15, 0.2) is 11.5 Å². The molecule has 0 aliphatic carbocycles. The van der Waals surface area contributed by atoms with Crippen molar-refractivity contribution >= 4 is 64.5 Å². The van der Waals surface area contributed by atoms with E-state index in [0.29, 0.717) is 24.2 Å². The van der Waals surface area contributed by atoms with Gasteiger partial charge < -0.3 is 10.2 Å². The Balaban J connectivity index is 1.32. The van der Waals surface area contributed by atoms with Crippen LogP contribution in [0.1, 0.15) is 25.0 Å². The molecule has 6 aromatic carbocycles. The zero-order valence-electron chi connectivity index (χ0n) is 26.7. The van der Waals surface area contributed by atoms with Crippen LogP contribution in [-0.4, -0.2) is 36.2 Å². The van der Waals surface area contributed by atoms with Crippen molar-refractivity contribution in [3.63, 3.8) is 0 Å². The molecule has 254 valence electrons. The molecule has 0 aliphatic heterocycles. The summed E-state index contributed by atoms with van der Waals surface area (Å²) in [5.41, 5.74) is 4.14. The molecule has 0 atom stereocenters. The Kier molecular flexibility index (Phi) is 9.20. The van der Waals surface area contributed by atoms with Gasteiger partial charge in [0.1, 0.15) is 21.2 Å². The Hall–Kier alpha value is -5.54. The Morgan fingerprint density at radius 2 is 0.820 bits per heavy atom. The third kappa shape index (κ3) is 6.69. The number of rotatable bonds is 9. The maximum Gasteiger partial charge on any atom is 0.295 e. The predicted octanol–water partition coefficient (Wildman–Crippen LogP) is 9.52. The van der Waals surface area contributed by atoms with Gasteiger partial charge in [-0.25, -0.2) is 0 Å². The van der Waals surface area contributed by atoms with E-state index in [1.165, 1.54) is 24.3 Å². The highest BCUT2D eigenvalue weighted by atomic mass is 32.2. The minimum atomic E-state index is -4.61. The molecule has 0 amide bonds. The lowest BCUT2D eigenvalue weighted by Crippen LogP contribution is -1.99. The average Bonchev–Trinajstić information content (AvgIpc) is 3.10. The van der Waals surface area contributed by atoms with Crippen LogP contribution in [0.25, 0.3) is 32.7 Å². The van der Waals surface area contributed by atoms with Crippen molar-refractivity contribution < 1.29 is 36.2 Å². The first-order valence-corrected chi connectivity index (χ1v) is 18.2. The van der Waals surface area contributed by atoms with Crippen LogP contribution in [0.2, 0.25) is 0 Å². The lowest BCUT2D eigenvalue weighted by molar-refractivity contribution is 0.477. The molecular formula is C36H30N4O8S2. The SMILES string of the molecule is CCc1cc(-c2ccc(N=Nc3cc(S(=O)(=O)O)c4ccccc4c3O)c(CC)c2)ccc1N=Nc1cc(S(=O)(=O)O)c2ccccc2c1O. The van der Waals surface area contributed by atoms with E-state index in [4.69, 9.17) is 0 Å². The number of azo groups is 2. The predicted molar refractivity (Wildman–Crippen MR) is 190 cm³/mol. The van der Waals surface area contributed by atoms with E-state index < -0.39 is 30.0 Å². The molecular weight excluding hydrogens is 681 g/mol. The maximum absolute atomic E-state index is 12.1. The maximum atomic E-state index is 12.1. The number of benzene rings is 6. The number of fused-ring (bicyclic) bond motifs is 2. The second-order valence-electron chi connectivity index (χ2n) is 11.3. The minimum Gasteiger partial charge on any atom is -0.505 e. The van der Waals surface area contributed by atoms with E-state index in [0.717, 1.165) is 34.4 Å². The molecule has 6 rings (SSSR count). The number of aromatic hydroxyl groups is 2. The van der Waals surface area contributed by atoms with E-state index in [-0.39, 0.29) is 44.4 Å². The van der Waals surface area contributed by atoms with Crippen LogP contribution >= 0.6 is 0 Å². The summed E-state index contributed by atoms with van der Waals surface area (Å²) in [5.74, 6) is -0.545. The highest BCUT2D eigenvalue weighted by molar-refractivity contribution is 7.86. The molecule has 0 heterocycles. The first-order chi connectivity index (χ1) is 23.8. The first kappa shape index (κ1) is 34.3. The van der Waals surface area contributed by atoms with Gasteiger partial charge in [-0.3, -0.25) is 9.11 Å². The third-order valence-electron chi connectivity index (χ3n) is 8.26. The van der Waals surface area contributed by atoms with E-state index in [1.54, 1.807) is 36.4 Å². The topological polar surface area (TPSA) is 199 Å². The monoisotopic (exact) mass is 710 g/mol. The number of hydrogen-bond donors (Lipinski definition) is 4. The van der Waals surface area contributed by atoms with Crippen molar-refractivity contribution in [2.75, 3.05) is 0 Å². The number of phenols is 2. The van der Waals surface area contributed by atoms with E-state index >= 15 is 0 Å². The molecule has 0 radical (unpaired) electrons. The highest BCUT2D eigenvalue weighted by Gasteiger charge is 2.21. The Bertz CT molecular complexity index is 2420. The molecule has 6 aromatic rings. The fourth-order valence-electron chi connectivity index (χ4n) is 5.71. The zero-order chi connectivity index (χ0) is 35.8. The average molecular weight is 711 g/mol. The highest BCUT2D eigenvalue weighted by Crippen LogP contribution is 2.42. The second-order valence-corrected chi connectivity index (χ2v) is 14.1. The van der Waals surface area contributed by atoms with Gasteiger partial charge in [-0.2, -0.15) is 27.1 Å². The van der Waals surface area contributed by atoms with Crippen LogP contribution < -0.4 is 0 Å². The number of phenolic OH excluding ortho intramolecular Hbond substituents is 2. The Labute approximate surface area is 287 Å². The molecule has 0 unspecified atom stereocenters. The van der Waals surface area contributed by atoms with Gasteiger partial charge in [0, 0.05) is 21.5 Å². The summed E-state index contributed by atoms with van der Waals surface area (Å²) < 4.78 is 67.9. The molecule has 0 aliphatic rings. The standard InChI is InChI=1S/C36H30N4O8S2/c1-3-21-17-23(13-15-29(21)37-39-31-19-33(49(43,44)45)25-9-5-7-11-27(25)35(31)41)24-14-16-30(22(4-2)18-24)38-40-32-20-34(50(46,47)48)26-10-6-8-12-28(26)36(32)42/h5-20,41-42H,3-4H2,1-2H3,(H,43,44,45)(H,46,47,48). The molecule has 0 spiro atoms. The zero-order valence-corrected chi connectivity index (χ0v) is 28.3. The normalized spacial score (nSPS) is 12.5. The summed E-state index contributed by atoms with van der Waals surface area (Å²) in [4.78, 5) is -0.782. The van der Waals surface area contributed by atoms with Crippen LogP contribution in [-0.2, 0) is 33.1 Å². The van der Waals surface area contributed by atoms with Crippen LogP contribution in [0, 0.1) is 0 Å². The van der Waals surface area contributed by atoms with Crippen LogP contribution in [0.5, 0.6) is 11.5 Å². The molecule has 50 heavy (non-hydrogen) atoms. The first-order valence-electron chi connectivity index (χ1n) is 15.3. The summed E-state index contributed by atoms with van der Waals surface area (Å²) in [6.07, 6.45) is 1.16. The fraction of sp³-hybridized carbons (Fsp3) is 0.111. The number of aryl methyl sites for hydroxylation is 2. The fourth-order valence-corrected chi connectivity index (χ4v) is 7.14. The van der Waals surface area contributed by atoms with Gasteiger partial charge in [-0.05, 0) is 71.5 Å². The lowest BCUT2D eigenvalue weighted by atomic mass is 9.98. The van der Waals surface area contributed by atoms with Crippen molar-refractivity contribution in [1.82, 2.24) is 0 Å². The quantitative estimate of drug-likeness (QED) is 0.0839. The summed E-state index contributed by atoms with van der Waals surface area (Å²) in [7, 11) is -9.22. The van der Waals surface area contributed by atoms with Gasteiger partial charge in [-0.1, -0.05) is 74.5 Å². The van der Waals surface area contributed by atoms with Gasteiger partial charge in [-0.15, -0.1) is 10.2 Å². The van der Waals surface area contributed by atoms with Crippen LogP contribution in [0.4, 0.5) is 22.7 Å². The Morgan fingerprint density at radius 3 is 1.16 bits per heavy atom. The molecule has 4 N–H and O–H groups in total. The number of nitrogens with zero attached hydrogens (tertiary/aromatic N) is 4. The summed E-state index contributed by atoms with van der Waals surface area (Å²) in [6.45, 7) is 3.89.